The van der Waals surface area contributed by atoms with E-state index >= 15 is 0 Å². The van der Waals surface area contributed by atoms with Gasteiger partial charge in [0.15, 0.2) is 11.5 Å². The molecule has 0 unspecified atom stereocenters. The number of amides is 1. The number of benzene rings is 2. The highest BCUT2D eigenvalue weighted by molar-refractivity contribution is 6.03. The molecule has 39 heavy (non-hydrogen) atoms. The quantitative estimate of drug-likeness (QED) is 0.279. The smallest absolute Gasteiger partial charge is 0.258 e. The molecule has 0 saturated carbocycles. The van der Waals surface area contributed by atoms with Gasteiger partial charge in [-0.3, -0.25) is 10.1 Å². The minimum Gasteiger partial charge on any atom is -0.493 e. The number of aromatic nitrogens is 4. The number of nitrogens with zero attached hydrogens (tertiary/aromatic N) is 5. The zero-order chi connectivity index (χ0) is 27.0. The van der Waals surface area contributed by atoms with E-state index in [2.05, 4.69) is 35.5 Å². The summed E-state index contributed by atoms with van der Waals surface area (Å²) in [6, 6.07) is 12.4. The minimum atomic E-state index is -0.605. The number of ether oxygens (including phenoxy) is 2. The van der Waals surface area contributed by atoms with Gasteiger partial charge in [-0.05, 0) is 44.1 Å². The maximum absolute atomic E-state index is 12.3. The van der Waals surface area contributed by atoms with Crippen molar-refractivity contribution in [2.75, 3.05) is 44.0 Å². The topological polar surface area (TPSA) is 135 Å². The SMILES string of the molecule is COc1cc2c(Nc3cnc(NC(=O)c4ccccc4)nc3)ncnc2cc1OC[C@@H](O)CN1CCCCC1. The summed E-state index contributed by atoms with van der Waals surface area (Å²) in [5.41, 5.74) is 1.74. The number of rotatable bonds is 10. The number of carbonyl (C=O) groups excluding carboxylic acids is 1. The fourth-order valence-electron chi connectivity index (χ4n) is 4.47. The molecular weight excluding hydrogens is 498 g/mol. The van der Waals surface area contributed by atoms with Crippen molar-refractivity contribution in [3.05, 3.63) is 66.7 Å². The van der Waals surface area contributed by atoms with Gasteiger partial charge in [0.1, 0.15) is 24.9 Å². The van der Waals surface area contributed by atoms with Crippen LogP contribution in [-0.4, -0.2) is 75.3 Å². The Morgan fingerprint density at radius 2 is 1.79 bits per heavy atom. The summed E-state index contributed by atoms with van der Waals surface area (Å²) in [5.74, 6) is 1.42. The van der Waals surface area contributed by atoms with Gasteiger partial charge in [-0.25, -0.2) is 19.9 Å². The van der Waals surface area contributed by atoms with Crippen LogP contribution in [0.5, 0.6) is 11.5 Å². The number of hydrogen-bond donors (Lipinski definition) is 3. The first-order chi connectivity index (χ1) is 19.1. The molecule has 0 bridgehead atoms. The first kappa shape index (κ1) is 26.3. The van der Waals surface area contributed by atoms with Gasteiger partial charge < -0.3 is 24.8 Å². The van der Waals surface area contributed by atoms with Crippen molar-refractivity contribution in [2.24, 2.45) is 0 Å². The number of aliphatic hydroxyl groups is 1. The number of piperidine rings is 1. The third kappa shape index (κ3) is 6.75. The molecule has 1 aliphatic heterocycles. The van der Waals surface area contributed by atoms with E-state index in [4.69, 9.17) is 9.47 Å². The van der Waals surface area contributed by atoms with Crippen LogP contribution in [0.3, 0.4) is 0 Å². The average Bonchev–Trinajstić information content (AvgIpc) is 2.97. The lowest BCUT2D eigenvalue weighted by Crippen LogP contribution is -2.38. The fraction of sp³-hybridized carbons (Fsp3) is 0.321. The zero-order valence-electron chi connectivity index (χ0n) is 21.7. The number of fused-ring (bicyclic) bond motifs is 1. The Bertz CT molecular complexity index is 1400. The van der Waals surface area contributed by atoms with Crippen LogP contribution in [0, 0.1) is 0 Å². The highest BCUT2D eigenvalue weighted by Gasteiger charge is 2.17. The molecule has 0 spiro atoms. The van der Waals surface area contributed by atoms with Crippen molar-refractivity contribution in [1.82, 2.24) is 24.8 Å². The molecule has 1 atom stereocenters. The van der Waals surface area contributed by atoms with Gasteiger partial charge >= 0.3 is 0 Å². The number of methoxy groups -OCH3 is 1. The molecule has 1 fully saturated rings. The number of carbonyl (C=O) groups is 1. The zero-order valence-corrected chi connectivity index (χ0v) is 21.7. The van der Waals surface area contributed by atoms with Crippen molar-refractivity contribution in [1.29, 1.82) is 0 Å². The van der Waals surface area contributed by atoms with E-state index in [9.17, 15) is 9.90 Å². The van der Waals surface area contributed by atoms with E-state index in [1.807, 2.05) is 6.07 Å². The van der Waals surface area contributed by atoms with Crippen LogP contribution in [0.1, 0.15) is 29.6 Å². The van der Waals surface area contributed by atoms with Gasteiger partial charge in [0.05, 0.1) is 30.7 Å². The van der Waals surface area contributed by atoms with Crippen molar-refractivity contribution in [3.8, 4) is 11.5 Å². The molecule has 1 saturated heterocycles. The van der Waals surface area contributed by atoms with E-state index in [1.165, 1.54) is 25.6 Å². The number of hydrogen-bond acceptors (Lipinski definition) is 10. The first-order valence-corrected chi connectivity index (χ1v) is 12.9. The predicted octanol–water partition coefficient (Wildman–Crippen LogP) is 3.65. The van der Waals surface area contributed by atoms with E-state index in [1.54, 1.807) is 55.9 Å². The maximum Gasteiger partial charge on any atom is 0.258 e. The second kappa shape index (κ2) is 12.5. The van der Waals surface area contributed by atoms with E-state index in [0.29, 0.717) is 46.0 Å². The summed E-state index contributed by atoms with van der Waals surface area (Å²) in [6.45, 7) is 2.76. The number of likely N-dealkylation sites (tertiary alicyclic amines) is 1. The van der Waals surface area contributed by atoms with Crippen molar-refractivity contribution in [3.63, 3.8) is 0 Å². The molecular formula is C28H31N7O4. The summed E-state index contributed by atoms with van der Waals surface area (Å²) >= 11 is 0. The third-order valence-electron chi connectivity index (χ3n) is 6.45. The summed E-state index contributed by atoms with van der Waals surface area (Å²) < 4.78 is 11.5. The Morgan fingerprint density at radius 3 is 2.54 bits per heavy atom. The van der Waals surface area contributed by atoms with Crippen LogP contribution >= 0.6 is 0 Å². The maximum atomic E-state index is 12.3. The Balaban J connectivity index is 1.26. The summed E-state index contributed by atoms with van der Waals surface area (Å²) in [4.78, 5) is 31.8. The number of nitrogens with one attached hydrogen (secondary N) is 2. The highest BCUT2D eigenvalue weighted by Crippen LogP contribution is 2.34. The van der Waals surface area contributed by atoms with Crippen molar-refractivity contribution < 1.29 is 19.4 Å². The molecule has 2 aromatic heterocycles. The highest BCUT2D eigenvalue weighted by atomic mass is 16.5. The summed E-state index contributed by atoms with van der Waals surface area (Å²) in [5, 5.41) is 17.1. The molecule has 0 radical (unpaired) electrons. The molecule has 202 valence electrons. The van der Waals surface area contributed by atoms with Crippen LogP contribution in [0.2, 0.25) is 0 Å². The molecule has 5 rings (SSSR count). The van der Waals surface area contributed by atoms with Gasteiger partial charge in [-0.15, -0.1) is 0 Å². The van der Waals surface area contributed by atoms with Crippen LogP contribution in [0.4, 0.5) is 17.5 Å². The van der Waals surface area contributed by atoms with Gasteiger partial charge in [0, 0.05) is 23.6 Å². The number of anilines is 3. The van der Waals surface area contributed by atoms with Gasteiger partial charge in [-0.2, -0.15) is 0 Å². The van der Waals surface area contributed by atoms with E-state index < -0.39 is 6.10 Å². The molecule has 11 heteroatoms. The van der Waals surface area contributed by atoms with Gasteiger partial charge in [0.25, 0.3) is 5.91 Å². The first-order valence-electron chi connectivity index (χ1n) is 12.9. The molecule has 3 heterocycles. The summed E-state index contributed by atoms with van der Waals surface area (Å²) in [7, 11) is 1.56. The molecule has 2 aromatic carbocycles. The normalized spacial score (nSPS) is 14.5. The fourth-order valence-corrected chi connectivity index (χ4v) is 4.47. The Labute approximate surface area is 226 Å². The Morgan fingerprint density at radius 1 is 1.03 bits per heavy atom. The average molecular weight is 530 g/mol. The second-order valence-electron chi connectivity index (χ2n) is 9.31. The van der Waals surface area contributed by atoms with Crippen LogP contribution in [0.15, 0.2) is 61.2 Å². The molecule has 3 N–H and O–H groups in total. The lowest BCUT2D eigenvalue weighted by molar-refractivity contribution is 0.0609. The van der Waals surface area contributed by atoms with Gasteiger partial charge in [0.2, 0.25) is 5.95 Å². The van der Waals surface area contributed by atoms with Crippen LogP contribution < -0.4 is 20.1 Å². The largest absolute Gasteiger partial charge is 0.493 e. The molecule has 0 aliphatic carbocycles. The summed E-state index contributed by atoms with van der Waals surface area (Å²) in [6.07, 6.45) is 7.54. The lowest BCUT2D eigenvalue weighted by Gasteiger charge is -2.28. The van der Waals surface area contributed by atoms with Crippen LogP contribution in [-0.2, 0) is 0 Å². The molecule has 4 aromatic rings. The lowest BCUT2D eigenvalue weighted by atomic mass is 10.1. The Hall–Kier alpha value is -4.35. The van der Waals surface area contributed by atoms with Crippen LogP contribution in [0.25, 0.3) is 10.9 Å². The third-order valence-corrected chi connectivity index (χ3v) is 6.45. The van der Waals surface area contributed by atoms with E-state index in [-0.39, 0.29) is 18.5 Å². The standard InChI is InChI=1S/C28H31N7O4/c1-38-24-12-22-23(13-25(24)39-17-21(36)16-35-10-6-3-7-11-35)31-18-32-26(22)33-20-14-29-28(30-15-20)34-27(37)19-8-4-2-5-9-19/h2,4-5,8-9,12-15,18,21,36H,3,6-7,10-11,16-17H2,1H3,(H,31,32,33)(H,29,30,34,37)/t21-/m0/s1. The number of aliphatic hydroxyl groups excluding tert-OH is 1. The minimum absolute atomic E-state index is 0.152. The molecule has 1 amide bonds. The van der Waals surface area contributed by atoms with Gasteiger partial charge in [-0.1, -0.05) is 24.6 Å². The van der Waals surface area contributed by atoms with Crippen molar-refractivity contribution in [2.45, 2.75) is 25.4 Å². The van der Waals surface area contributed by atoms with Crippen molar-refractivity contribution >= 4 is 34.3 Å². The monoisotopic (exact) mass is 529 g/mol. The predicted molar refractivity (Wildman–Crippen MR) is 148 cm³/mol. The Kier molecular flexibility index (Phi) is 8.39. The number of β-amino-alcohol motifs (C(OH)–C–C–N with tert-alkyl or cyclic N) is 1. The molecule has 1 aliphatic rings. The van der Waals surface area contributed by atoms with E-state index in [0.717, 1.165) is 13.1 Å². The second-order valence-corrected chi connectivity index (χ2v) is 9.31. The molecule has 11 nitrogen and oxygen atoms in total.